The number of aromatic nitrogens is 1. The molecule has 0 aliphatic carbocycles. The Morgan fingerprint density at radius 2 is 2.10 bits per heavy atom. The van der Waals surface area contributed by atoms with E-state index in [9.17, 15) is 4.79 Å². The molecule has 0 radical (unpaired) electrons. The third-order valence-corrected chi connectivity index (χ3v) is 3.74. The second kappa shape index (κ2) is 7.05. The molecule has 106 valence electrons. The smallest absolute Gasteiger partial charge is 0.223 e. The van der Waals surface area contributed by atoms with Crippen LogP contribution in [-0.4, -0.2) is 10.9 Å². The molecular weight excluding hydrogens is 270 g/mol. The SMILES string of the molecule is CCCCc1ccc(Nc2nc(CC(N)=O)cs2)cc1. The number of nitrogens with zero attached hydrogens (tertiary/aromatic N) is 1. The van der Waals surface area contributed by atoms with E-state index in [4.69, 9.17) is 5.73 Å². The van der Waals surface area contributed by atoms with Gasteiger partial charge in [0.1, 0.15) is 0 Å². The molecule has 2 rings (SSSR count). The highest BCUT2D eigenvalue weighted by Gasteiger charge is 2.05. The minimum absolute atomic E-state index is 0.189. The molecule has 1 aromatic heterocycles. The number of carbonyl (C=O) groups is 1. The van der Waals surface area contributed by atoms with Crippen LogP contribution in [0, 0.1) is 0 Å². The maximum absolute atomic E-state index is 10.8. The van der Waals surface area contributed by atoms with E-state index in [2.05, 4.69) is 41.5 Å². The average Bonchev–Trinajstić information content (AvgIpc) is 2.84. The fourth-order valence-corrected chi connectivity index (χ4v) is 2.61. The van der Waals surface area contributed by atoms with Crippen LogP contribution >= 0.6 is 11.3 Å². The van der Waals surface area contributed by atoms with Gasteiger partial charge >= 0.3 is 0 Å². The largest absolute Gasteiger partial charge is 0.369 e. The van der Waals surface area contributed by atoms with Crippen LogP contribution in [0.3, 0.4) is 0 Å². The molecule has 0 atom stereocenters. The van der Waals surface area contributed by atoms with Crippen LogP contribution in [-0.2, 0) is 17.6 Å². The highest BCUT2D eigenvalue weighted by atomic mass is 32.1. The Labute approximate surface area is 123 Å². The first-order valence-corrected chi connectivity index (χ1v) is 7.64. The van der Waals surface area contributed by atoms with Crippen molar-refractivity contribution in [1.82, 2.24) is 4.98 Å². The van der Waals surface area contributed by atoms with Crippen molar-refractivity contribution in [2.24, 2.45) is 5.73 Å². The predicted octanol–water partition coefficient (Wildman–Crippen LogP) is 3.26. The summed E-state index contributed by atoms with van der Waals surface area (Å²) in [6.07, 6.45) is 3.74. The van der Waals surface area contributed by atoms with Gasteiger partial charge in [-0.25, -0.2) is 4.98 Å². The first-order valence-electron chi connectivity index (χ1n) is 6.76. The van der Waals surface area contributed by atoms with Crippen LogP contribution in [0.2, 0.25) is 0 Å². The number of nitrogens with one attached hydrogen (secondary N) is 1. The number of nitrogens with two attached hydrogens (primary N) is 1. The highest BCUT2D eigenvalue weighted by Crippen LogP contribution is 2.21. The molecule has 5 heteroatoms. The lowest BCUT2D eigenvalue weighted by Crippen LogP contribution is -2.13. The van der Waals surface area contributed by atoms with Crippen molar-refractivity contribution in [3.63, 3.8) is 0 Å². The van der Waals surface area contributed by atoms with E-state index in [1.54, 1.807) is 0 Å². The first-order chi connectivity index (χ1) is 9.67. The Morgan fingerprint density at radius 1 is 1.35 bits per heavy atom. The van der Waals surface area contributed by atoms with E-state index >= 15 is 0 Å². The van der Waals surface area contributed by atoms with Gasteiger partial charge in [-0.1, -0.05) is 25.5 Å². The van der Waals surface area contributed by atoms with Crippen LogP contribution < -0.4 is 11.1 Å². The maximum atomic E-state index is 10.8. The Morgan fingerprint density at radius 3 is 2.75 bits per heavy atom. The van der Waals surface area contributed by atoms with Gasteiger partial charge in [0.2, 0.25) is 5.91 Å². The van der Waals surface area contributed by atoms with Crippen LogP contribution in [0.5, 0.6) is 0 Å². The second-order valence-electron chi connectivity index (χ2n) is 4.71. The summed E-state index contributed by atoms with van der Waals surface area (Å²) >= 11 is 1.47. The second-order valence-corrected chi connectivity index (χ2v) is 5.57. The molecule has 4 nitrogen and oxygen atoms in total. The number of unbranched alkanes of at least 4 members (excludes halogenated alkanes) is 1. The van der Waals surface area contributed by atoms with Crippen LogP contribution in [0.4, 0.5) is 10.8 Å². The zero-order chi connectivity index (χ0) is 14.4. The molecular formula is C15H19N3OS. The standard InChI is InChI=1S/C15H19N3OS/c1-2-3-4-11-5-7-12(8-6-11)17-15-18-13(10-20-15)9-14(16)19/h5-8,10H,2-4,9H2,1H3,(H2,16,19)(H,17,18). The van der Waals surface area contributed by atoms with Gasteiger partial charge in [0.15, 0.2) is 5.13 Å². The molecule has 0 bridgehead atoms. The number of carbonyl (C=O) groups excluding carboxylic acids is 1. The topological polar surface area (TPSA) is 68.0 Å². The van der Waals surface area contributed by atoms with E-state index in [1.165, 1.54) is 29.7 Å². The number of rotatable bonds is 7. The van der Waals surface area contributed by atoms with Gasteiger partial charge in [-0.15, -0.1) is 11.3 Å². The third kappa shape index (κ3) is 4.35. The average molecular weight is 289 g/mol. The van der Waals surface area contributed by atoms with Crippen molar-refractivity contribution >= 4 is 28.1 Å². The molecule has 1 amide bonds. The maximum Gasteiger partial charge on any atom is 0.223 e. The van der Waals surface area contributed by atoms with E-state index < -0.39 is 0 Å². The Kier molecular flexibility index (Phi) is 5.12. The minimum atomic E-state index is -0.359. The summed E-state index contributed by atoms with van der Waals surface area (Å²) in [6, 6.07) is 8.38. The lowest BCUT2D eigenvalue weighted by Gasteiger charge is -2.04. The molecule has 0 aliphatic rings. The summed E-state index contributed by atoms with van der Waals surface area (Å²) in [6.45, 7) is 2.20. The van der Waals surface area contributed by atoms with E-state index in [0.717, 1.165) is 17.2 Å². The fraction of sp³-hybridized carbons (Fsp3) is 0.333. The summed E-state index contributed by atoms with van der Waals surface area (Å²) in [4.78, 5) is 15.2. The number of amides is 1. The van der Waals surface area contributed by atoms with Crippen molar-refractivity contribution in [3.05, 3.63) is 40.9 Å². The monoisotopic (exact) mass is 289 g/mol. The molecule has 1 heterocycles. The van der Waals surface area contributed by atoms with E-state index in [0.29, 0.717) is 5.69 Å². The van der Waals surface area contributed by atoms with Gasteiger partial charge in [-0.2, -0.15) is 0 Å². The lowest BCUT2D eigenvalue weighted by atomic mass is 10.1. The summed E-state index contributed by atoms with van der Waals surface area (Å²) in [5, 5.41) is 5.87. The molecule has 2 aromatic rings. The van der Waals surface area contributed by atoms with Gasteiger partial charge in [-0.3, -0.25) is 4.79 Å². The van der Waals surface area contributed by atoms with Gasteiger partial charge in [0, 0.05) is 11.1 Å². The predicted molar refractivity (Wildman–Crippen MR) is 83.3 cm³/mol. The van der Waals surface area contributed by atoms with Crippen LogP contribution in [0.15, 0.2) is 29.6 Å². The Hall–Kier alpha value is -1.88. The zero-order valence-electron chi connectivity index (χ0n) is 11.6. The minimum Gasteiger partial charge on any atom is -0.369 e. The first kappa shape index (κ1) is 14.5. The Balaban J connectivity index is 1.95. The quantitative estimate of drug-likeness (QED) is 0.822. The van der Waals surface area contributed by atoms with E-state index in [1.807, 2.05) is 5.38 Å². The van der Waals surface area contributed by atoms with Crippen molar-refractivity contribution in [3.8, 4) is 0 Å². The number of benzene rings is 1. The fourth-order valence-electron chi connectivity index (χ4n) is 1.88. The molecule has 0 unspecified atom stereocenters. The molecule has 0 saturated carbocycles. The lowest BCUT2D eigenvalue weighted by molar-refractivity contribution is -0.117. The Bertz CT molecular complexity index is 563. The van der Waals surface area contributed by atoms with Gasteiger partial charge in [0.05, 0.1) is 12.1 Å². The van der Waals surface area contributed by atoms with E-state index in [-0.39, 0.29) is 12.3 Å². The number of hydrogen-bond donors (Lipinski definition) is 2. The molecule has 0 aliphatic heterocycles. The normalized spacial score (nSPS) is 10.4. The molecule has 0 saturated heterocycles. The van der Waals surface area contributed by atoms with Crippen LogP contribution in [0.1, 0.15) is 31.0 Å². The molecule has 3 N–H and O–H groups in total. The number of hydrogen-bond acceptors (Lipinski definition) is 4. The van der Waals surface area contributed by atoms with Crippen molar-refractivity contribution in [2.45, 2.75) is 32.6 Å². The molecule has 1 aromatic carbocycles. The highest BCUT2D eigenvalue weighted by molar-refractivity contribution is 7.13. The van der Waals surface area contributed by atoms with Crippen molar-refractivity contribution in [2.75, 3.05) is 5.32 Å². The van der Waals surface area contributed by atoms with Gasteiger partial charge in [0.25, 0.3) is 0 Å². The summed E-state index contributed by atoms with van der Waals surface area (Å²) in [5.41, 5.74) is 8.22. The zero-order valence-corrected chi connectivity index (χ0v) is 12.4. The number of anilines is 2. The summed E-state index contributed by atoms with van der Waals surface area (Å²) < 4.78 is 0. The van der Waals surface area contributed by atoms with Gasteiger partial charge < -0.3 is 11.1 Å². The third-order valence-electron chi connectivity index (χ3n) is 2.93. The molecule has 20 heavy (non-hydrogen) atoms. The van der Waals surface area contributed by atoms with Crippen LogP contribution in [0.25, 0.3) is 0 Å². The molecule has 0 spiro atoms. The number of aryl methyl sites for hydroxylation is 1. The van der Waals surface area contributed by atoms with Crippen molar-refractivity contribution < 1.29 is 4.79 Å². The number of primary amides is 1. The van der Waals surface area contributed by atoms with Crippen molar-refractivity contribution in [1.29, 1.82) is 0 Å². The summed E-state index contributed by atoms with van der Waals surface area (Å²) in [7, 11) is 0. The van der Waals surface area contributed by atoms with Gasteiger partial charge in [-0.05, 0) is 30.5 Å². The molecule has 0 fully saturated rings. The summed E-state index contributed by atoms with van der Waals surface area (Å²) in [5.74, 6) is -0.359. The number of thiazole rings is 1.